The van der Waals surface area contributed by atoms with Gasteiger partial charge in [0, 0.05) is 10.9 Å². The van der Waals surface area contributed by atoms with E-state index in [2.05, 4.69) is 16.9 Å². The Morgan fingerprint density at radius 1 is 1.38 bits per heavy atom. The Kier molecular flexibility index (Phi) is 4.09. The van der Waals surface area contributed by atoms with E-state index in [0.717, 1.165) is 16.6 Å². The molecule has 1 heterocycles. The van der Waals surface area contributed by atoms with E-state index in [0.29, 0.717) is 10.5 Å². The SMILES string of the molecule is Cc1cc(SC2CCCC(C)C2)nc(Cl)n1. The van der Waals surface area contributed by atoms with Gasteiger partial charge >= 0.3 is 0 Å². The molecular formula is C12H17ClN2S. The fraction of sp³-hybridized carbons (Fsp3) is 0.667. The minimum atomic E-state index is 0.367. The molecule has 0 bridgehead atoms. The van der Waals surface area contributed by atoms with Crippen molar-refractivity contribution in [3.8, 4) is 0 Å². The summed E-state index contributed by atoms with van der Waals surface area (Å²) in [7, 11) is 0. The third-order valence-electron chi connectivity index (χ3n) is 2.98. The molecule has 0 amide bonds. The maximum atomic E-state index is 5.86. The van der Waals surface area contributed by atoms with Crippen LogP contribution in [0.2, 0.25) is 5.28 Å². The standard InChI is InChI=1S/C12H17ClN2S/c1-8-4-3-5-10(6-8)16-11-7-9(2)14-12(13)15-11/h7-8,10H,3-6H2,1-2H3. The highest BCUT2D eigenvalue weighted by atomic mass is 35.5. The summed E-state index contributed by atoms with van der Waals surface area (Å²) in [4.78, 5) is 8.35. The van der Waals surface area contributed by atoms with Crippen molar-refractivity contribution in [2.75, 3.05) is 0 Å². The summed E-state index contributed by atoms with van der Waals surface area (Å²) in [6, 6.07) is 2.02. The van der Waals surface area contributed by atoms with Gasteiger partial charge in [0.25, 0.3) is 0 Å². The number of halogens is 1. The maximum Gasteiger partial charge on any atom is 0.223 e. The van der Waals surface area contributed by atoms with Crippen molar-refractivity contribution in [3.63, 3.8) is 0 Å². The van der Waals surface area contributed by atoms with Crippen LogP contribution in [0.4, 0.5) is 0 Å². The smallest absolute Gasteiger partial charge is 0.223 e. The van der Waals surface area contributed by atoms with E-state index in [1.807, 2.05) is 24.8 Å². The first-order chi connectivity index (χ1) is 7.63. The summed E-state index contributed by atoms with van der Waals surface area (Å²) in [6.45, 7) is 4.30. The molecule has 0 radical (unpaired) electrons. The summed E-state index contributed by atoms with van der Waals surface area (Å²) in [6.07, 6.45) is 5.32. The van der Waals surface area contributed by atoms with Crippen molar-refractivity contribution >= 4 is 23.4 Å². The van der Waals surface area contributed by atoms with Crippen LogP contribution in [0.15, 0.2) is 11.1 Å². The Labute approximate surface area is 106 Å². The van der Waals surface area contributed by atoms with Crippen LogP contribution in [-0.2, 0) is 0 Å². The van der Waals surface area contributed by atoms with Gasteiger partial charge in [-0.3, -0.25) is 0 Å². The first-order valence-corrected chi connectivity index (χ1v) is 7.07. The Morgan fingerprint density at radius 3 is 2.88 bits per heavy atom. The molecular weight excluding hydrogens is 240 g/mol. The monoisotopic (exact) mass is 256 g/mol. The van der Waals surface area contributed by atoms with Crippen LogP contribution in [0, 0.1) is 12.8 Å². The first kappa shape index (κ1) is 12.2. The van der Waals surface area contributed by atoms with E-state index in [1.54, 1.807) is 0 Å². The second kappa shape index (κ2) is 5.37. The van der Waals surface area contributed by atoms with Crippen LogP contribution in [-0.4, -0.2) is 15.2 Å². The highest BCUT2D eigenvalue weighted by molar-refractivity contribution is 7.99. The average molecular weight is 257 g/mol. The lowest BCUT2D eigenvalue weighted by Crippen LogP contribution is -2.15. The van der Waals surface area contributed by atoms with E-state index in [4.69, 9.17) is 11.6 Å². The summed E-state index contributed by atoms with van der Waals surface area (Å²) in [5.41, 5.74) is 0.950. The van der Waals surface area contributed by atoms with Gasteiger partial charge in [0.2, 0.25) is 5.28 Å². The maximum absolute atomic E-state index is 5.86. The normalized spacial score (nSPS) is 25.7. The molecule has 2 rings (SSSR count). The quantitative estimate of drug-likeness (QED) is 0.588. The van der Waals surface area contributed by atoms with E-state index >= 15 is 0 Å². The summed E-state index contributed by atoms with van der Waals surface area (Å²) in [5, 5.41) is 2.09. The molecule has 2 atom stereocenters. The number of hydrogen-bond donors (Lipinski definition) is 0. The summed E-state index contributed by atoms with van der Waals surface area (Å²) >= 11 is 7.72. The van der Waals surface area contributed by atoms with Gasteiger partial charge in [0.15, 0.2) is 0 Å². The molecule has 0 spiro atoms. The fourth-order valence-electron chi connectivity index (χ4n) is 2.22. The number of rotatable bonds is 2. The van der Waals surface area contributed by atoms with Crippen LogP contribution in [0.1, 0.15) is 38.3 Å². The minimum Gasteiger partial charge on any atom is -0.223 e. The number of aromatic nitrogens is 2. The van der Waals surface area contributed by atoms with Crippen molar-refractivity contribution in [1.82, 2.24) is 9.97 Å². The van der Waals surface area contributed by atoms with Crippen molar-refractivity contribution in [1.29, 1.82) is 0 Å². The van der Waals surface area contributed by atoms with Gasteiger partial charge in [0.1, 0.15) is 5.03 Å². The Morgan fingerprint density at radius 2 is 2.19 bits per heavy atom. The Hall–Kier alpha value is -0.280. The molecule has 2 unspecified atom stereocenters. The number of thioether (sulfide) groups is 1. The van der Waals surface area contributed by atoms with Gasteiger partial charge < -0.3 is 0 Å². The molecule has 2 nitrogen and oxygen atoms in total. The second-order valence-corrected chi connectivity index (χ2v) is 6.29. The van der Waals surface area contributed by atoms with E-state index < -0.39 is 0 Å². The molecule has 1 saturated carbocycles. The molecule has 0 N–H and O–H groups in total. The largest absolute Gasteiger partial charge is 0.223 e. The minimum absolute atomic E-state index is 0.367. The van der Waals surface area contributed by atoms with E-state index in [-0.39, 0.29) is 0 Å². The molecule has 0 aliphatic heterocycles. The number of nitrogens with zero attached hydrogens (tertiary/aromatic N) is 2. The topological polar surface area (TPSA) is 25.8 Å². The van der Waals surface area contributed by atoms with Gasteiger partial charge in [-0.25, -0.2) is 9.97 Å². The molecule has 1 aromatic rings. The van der Waals surface area contributed by atoms with Crippen molar-refractivity contribution in [2.45, 2.75) is 49.8 Å². The van der Waals surface area contributed by atoms with Gasteiger partial charge in [0.05, 0.1) is 0 Å². The molecule has 0 aromatic carbocycles. The molecule has 88 valence electrons. The number of hydrogen-bond acceptors (Lipinski definition) is 3. The van der Waals surface area contributed by atoms with Crippen molar-refractivity contribution in [2.24, 2.45) is 5.92 Å². The molecule has 1 aliphatic carbocycles. The summed E-state index contributed by atoms with van der Waals surface area (Å²) < 4.78 is 0. The molecule has 4 heteroatoms. The van der Waals surface area contributed by atoms with Crippen LogP contribution >= 0.6 is 23.4 Å². The predicted octanol–water partition coefficient (Wildman–Crippen LogP) is 4.11. The van der Waals surface area contributed by atoms with Gasteiger partial charge in [-0.1, -0.05) is 19.8 Å². The summed E-state index contributed by atoms with van der Waals surface area (Å²) in [5.74, 6) is 0.852. The molecule has 1 aliphatic rings. The Balaban J connectivity index is 2.02. The fourth-order valence-corrected chi connectivity index (χ4v) is 3.92. The lowest BCUT2D eigenvalue weighted by atomic mass is 9.91. The third kappa shape index (κ3) is 3.36. The second-order valence-electron chi connectivity index (χ2n) is 4.63. The first-order valence-electron chi connectivity index (χ1n) is 5.81. The lowest BCUT2D eigenvalue weighted by molar-refractivity contribution is 0.394. The number of aryl methyl sites for hydroxylation is 1. The van der Waals surface area contributed by atoms with Crippen molar-refractivity contribution in [3.05, 3.63) is 17.0 Å². The van der Waals surface area contributed by atoms with Crippen LogP contribution in [0.5, 0.6) is 0 Å². The van der Waals surface area contributed by atoms with Gasteiger partial charge in [-0.05, 0) is 43.4 Å². The lowest BCUT2D eigenvalue weighted by Gasteiger charge is -2.25. The molecule has 16 heavy (non-hydrogen) atoms. The van der Waals surface area contributed by atoms with Gasteiger partial charge in [-0.15, -0.1) is 11.8 Å². The van der Waals surface area contributed by atoms with Gasteiger partial charge in [-0.2, -0.15) is 0 Å². The Bertz CT molecular complexity index is 350. The third-order valence-corrected chi connectivity index (χ3v) is 4.36. The average Bonchev–Trinajstić information content (AvgIpc) is 2.15. The van der Waals surface area contributed by atoms with E-state index in [9.17, 15) is 0 Å². The predicted molar refractivity (Wildman–Crippen MR) is 69.1 cm³/mol. The molecule has 1 aromatic heterocycles. The highest BCUT2D eigenvalue weighted by Gasteiger charge is 2.20. The zero-order valence-electron chi connectivity index (χ0n) is 9.74. The van der Waals surface area contributed by atoms with E-state index in [1.165, 1.54) is 25.7 Å². The van der Waals surface area contributed by atoms with Crippen LogP contribution in [0.3, 0.4) is 0 Å². The van der Waals surface area contributed by atoms with Crippen LogP contribution in [0.25, 0.3) is 0 Å². The van der Waals surface area contributed by atoms with Crippen molar-refractivity contribution < 1.29 is 0 Å². The molecule has 0 saturated heterocycles. The van der Waals surface area contributed by atoms with Crippen LogP contribution < -0.4 is 0 Å². The molecule has 1 fully saturated rings. The zero-order chi connectivity index (χ0) is 11.5. The zero-order valence-corrected chi connectivity index (χ0v) is 11.3. The highest BCUT2D eigenvalue weighted by Crippen LogP contribution is 2.35.